The van der Waals surface area contributed by atoms with Gasteiger partial charge in [0.25, 0.3) is 0 Å². The van der Waals surface area contributed by atoms with Gasteiger partial charge in [0.1, 0.15) is 0 Å². The Labute approximate surface area is 110 Å². The summed E-state index contributed by atoms with van der Waals surface area (Å²) in [5.74, 6) is -4.53. The number of carboxylic acids is 1. The van der Waals surface area contributed by atoms with Gasteiger partial charge in [-0.25, -0.2) is 0 Å². The molecule has 0 saturated heterocycles. The quantitative estimate of drug-likeness (QED) is 0.382. The third kappa shape index (κ3) is 3.14. The molecule has 98 valence electrons. The number of hydrogen-bond acceptors (Lipinski definition) is 5. The van der Waals surface area contributed by atoms with Crippen LogP contribution in [0.25, 0.3) is 0 Å². The summed E-state index contributed by atoms with van der Waals surface area (Å²) in [5, 5.41) is 9.04. The molecule has 8 heteroatoms. The molecule has 0 aliphatic heterocycles. The molecule has 0 bridgehead atoms. The third-order valence-corrected chi connectivity index (χ3v) is 2.71. The molecule has 0 saturated carbocycles. The molecular formula is C10H12O7Ti. The van der Waals surface area contributed by atoms with E-state index in [0.717, 1.165) is 13.8 Å². The van der Waals surface area contributed by atoms with E-state index in [2.05, 4.69) is 16.5 Å². The van der Waals surface area contributed by atoms with Crippen LogP contribution in [0, 0.1) is 0 Å². The Hall–Kier alpha value is -1.28. The number of aliphatic carboxylic acids is 1. The van der Waals surface area contributed by atoms with E-state index in [4.69, 9.17) is 8.79 Å². The molecule has 0 aromatic carbocycles. The molecule has 0 heterocycles. The van der Waals surface area contributed by atoms with E-state index in [1.54, 1.807) is 0 Å². The molecule has 0 unspecified atom stereocenters. The van der Waals surface area contributed by atoms with E-state index in [1.807, 2.05) is 0 Å². The van der Waals surface area contributed by atoms with Gasteiger partial charge in [0, 0.05) is 0 Å². The first kappa shape index (κ1) is 16.7. The van der Waals surface area contributed by atoms with E-state index < -0.39 is 41.8 Å². The molecule has 0 rings (SSSR count). The van der Waals surface area contributed by atoms with Gasteiger partial charge in [-0.2, -0.15) is 0 Å². The summed E-state index contributed by atoms with van der Waals surface area (Å²) >= 11 is -4.47. The van der Waals surface area contributed by atoms with Crippen molar-refractivity contribution in [3.63, 3.8) is 0 Å². The van der Waals surface area contributed by atoms with Crippen LogP contribution in [0.4, 0.5) is 0 Å². The van der Waals surface area contributed by atoms with E-state index >= 15 is 0 Å². The standard InChI is InChI=1S/C10H11O5.H2O.O.Ti/c1-5(2)7(11)10(15,9(13)14)8(12)6(3)4;;;/h1,3H2,2,4H3,(H,13,14);1H2;;/q-1;;;+2/p-1. The van der Waals surface area contributed by atoms with E-state index in [-0.39, 0.29) is 11.1 Å². The van der Waals surface area contributed by atoms with E-state index in [0.29, 0.717) is 0 Å². The van der Waals surface area contributed by atoms with Gasteiger partial charge < -0.3 is 0 Å². The zero-order chi connectivity index (χ0) is 14.7. The molecular weight excluding hydrogens is 280 g/mol. The molecule has 7 nitrogen and oxygen atoms in total. The van der Waals surface area contributed by atoms with Gasteiger partial charge in [0.2, 0.25) is 0 Å². The van der Waals surface area contributed by atoms with Gasteiger partial charge in [0.15, 0.2) is 0 Å². The Morgan fingerprint density at radius 2 is 1.44 bits per heavy atom. The molecule has 0 aromatic heterocycles. The fraction of sp³-hybridized carbons (Fsp3) is 0.300. The average Bonchev–Trinajstić information content (AvgIpc) is 2.22. The van der Waals surface area contributed by atoms with E-state index in [1.165, 1.54) is 0 Å². The minimum atomic E-state index is -4.47. The summed E-state index contributed by atoms with van der Waals surface area (Å²) in [6.07, 6.45) is 0. The minimum absolute atomic E-state index is 0.286. The summed E-state index contributed by atoms with van der Waals surface area (Å²) in [7, 11) is 0. The van der Waals surface area contributed by atoms with Crippen molar-refractivity contribution >= 4 is 17.5 Å². The normalized spacial score (nSPS) is 10.6. The fourth-order valence-corrected chi connectivity index (χ4v) is 2.00. The monoisotopic (exact) mass is 292 g/mol. The maximum atomic E-state index is 11.8. The second-order valence-corrected chi connectivity index (χ2v) is 4.72. The second-order valence-electron chi connectivity index (χ2n) is 3.57. The first-order valence-corrected chi connectivity index (χ1v) is 6.60. The zero-order valence-electron chi connectivity index (χ0n) is 9.85. The van der Waals surface area contributed by atoms with Crippen molar-refractivity contribution in [3.05, 3.63) is 24.3 Å². The molecule has 0 amide bonds. The molecule has 0 atom stereocenters. The summed E-state index contributed by atoms with van der Waals surface area (Å²) in [5.41, 5.74) is -3.64. The van der Waals surface area contributed by atoms with Crippen molar-refractivity contribution in [3.8, 4) is 0 Å². The summed E-state index contributed by atoms with van der Waals surface area (Å²) < 4.78 is 23.8. The molecule has 0 fully saturated rings. The van der Waals surface area contributed by atoms with Crippen LogP contribution < -0.4 is 0 Å². The predicted molar refractivity (Wildman–Crippen MR) is 54.0 cm³/mol. The summed E-state index contributed by atoms with van der Waals surface area (Å²) in [4.78, 5) is 34.8. The topological polar surface area (TPSA) is 118 Å². The van der Waals surface area contributed by atoms with Crippen LogP contribution in [0.15, 0.2) is 24.3 Å². The van der Waals surface area contributed by atoms with Crippen LogP contribution in [0.3, 0.4) is 0 Å². The number of carbonyl (C=O) groups excluding carboxylic acids is 2. The number of ketones is 2. The van der Waals surface area contributed by atoms with Gasteiger partial charge in [-0.1, -0.05) is 0 Å². The number of carbonyl (C=O) groups is 3. The Kier molecular flexibility index (Phi) is 5.63. The molecule has 0 aromatic rings. The van der Waals surface area contributed by atoms with Gasteiger partial charge in [-0.3, -0.25) is 0 Å². The third-order valence-electron chi connectivity index (χ3n) is 1.96. The first-order chi connectivity index (χ1) is 8.07. The fourth-order valence-electron chi connectivity index (χ4n) is 1.17. The van der Waals surface area contributed by atoms with Crippen LogP contribution in [-0.4, -0.2) is 31.9 Å². The van der Waals surface area contributed by atoms with Crippen molar-refractivity contribution in [2.24, 2.45) is 0 Å². The summed E-state index contributed by atoms with van der Waals surface area (Å²) in [6.45, 7) is 8.75. The Morgan fingerprint density at radius 3 is 1.61 bits per heavy atom. The van der Waals surface area contributed by atoms with Gasteiger partial charge >= 0.3 is 110 Å². The average molecular weight is 292 g/mol. The number of carboxylic acid groups (broad SMARTS) is 1. The summed E-state index contributed by atoms with van der Waals surface area (Å²) in [6, 6.07) is 0. The maximum absolute atomic E-state index is 11.8. The second kappa shape index (κ2) is 6.06. The predicted octanol–water partition coefficient (Wildman–Crippen LogP) is -0.0972. The van der Waals surface area contributed by atoms with Crippen molar-refractivity contribution in [1.82, 2.24) is 0 Å². The molecule has 0 aliphatic rings. The Bertz CT molecular complexity index is 437. The van der Waals surface area contributed by atoms with Crippen LogP contribution in [0.2, 0.25) is 0 Å². The molecule has 18 heavy (non-hydrogen) atoms. The van der Waals surface area contributed by atoms with Crippen molar-refractivity contribution in [2.45, 2.75) is 19.4 Å². The SMILES string of the molecule is C=C(C)C(=O)C([O][Ti](=[O])[OH])(C(=O)O)C(=O)C(=C)C. The first-order valence-electron chi connectivity index (χ1n) is 4.63. The van der Waals surface area contributed by atoms with E-state index in [9.17, 15) is 17.7 Å². The number of rotatable bonds is 7. The zero-order valence-corrected chi connectivity index (χ0v) is 11.4. The molecule has 0 aliphatic carbocycles. The van der Waals surface area contributed by atoms with Crippen LogP contribution in [-0.2, 0) is 39.6 Å². The van der Waals surface area contributed by atoms with Crippen molar-refractivity contribution in [2.75, 3.05) is 0 Å². The van der Waals surface area contributed by atoms with Gasteiger partial charge in [-0.15, -0.1) is 0 Å². The molecule has 0 radical (unpaired) electrons. The van der Waals surface area contributed by atoms with Crippen molar-refractivity contribution in [1.29, 1.82) is 0 Å². The number of Topliss-reactive ketones (excluding diaryl/α,β-unsaturated/α-hetero) is 2. The molecule has 2 N–H and O–H groups in total. The Balaban J connectivity index is 6.05. The van der Waals surface area contributed by atoms with Crippen LogP contribution in [0.5, 0.6) is 0 Å². The van der Waals surface area contributed by atoms with Gasteiger partial charge in [0.05, 0.1) is 0 Å². The Morgan fingerprint density at radius 1 is 1.11 bits per heavy atom. The molecule has 0 spiro atoms. The number of hydrogen-bond donors (Lipinski definition) is 2. The van der Waals surface area contributed by atoms with Gasteiger partial charge in [-0.05, 0) is 0 Å². The van der Waals surface area contributed by atoms with Crippen LogP contribution in [0.1, 0.15) is 13.8 Å². The van der Waals surface area contributed by atoms with Crippen LogP contribution >= 0.6 is 0 Å². The van der Waals surface area contributed by atoms with Crippen molar-refractivity contribution < 1.29 is 48.4 Å².